The maximum absolute atomic E-state index is 13.0. The van der Waals surface area contributed by atoms with Crippen LogP contribution in [0.5, 0.6) is 0 Å². The molecule has 0 aliphatic rings. The first-order valence-corrected chi connectivity index (χ1v) is 12.1. The minimum atomic E-state index is -3.12. The number of hydrogen-bond donors (Lipinski definition) is 0. The molecule has 4 rings (SSSR count). The minimum absolute atomic E-state index is 0.0403. The van der Waals surface area contributed by atoms with Gasteiger partial charge in [-0.1, -0.05) is 30.2 Å². The molecular formula is C25H22N2O4S. The topological polar surface area (TPSA) is 82.2 Å². The summed E-state index contributed by atoms with van der Waals surface area (Å²) in [5.74, 6) is 6.18. The standard InChI is InChI=1S/C25H22N2O4S/c1-17(2)27-16-26-13-21(27)10-6-18-7-11-22-24(12-18)31-14-23(25(22)28)20-8-4-19(5-9-20)15-32(3,29)30/h4-5,7-9,11-14,16-17H,15H2,1-3H3. The van der Waals surface area contributed by atoms with Crippen molar-refractivity contribution in [3.05, 3.63) is 88.3 Å². The van der Waals surface area contributed by atoms with E-state index in [1.807, 2.05) is 4.57 Å². The number of hydrogen-bond acceptors (Lipinski definition) is 5. The second-order valence-corrected chi connectivity index (χ2v) is 10.1. The Morgan fingerprint density at radius 2 is 1.84 bits per heavy atom. The summed E-state index contributed by atoms with van der Waals surface area (Å²) in [6, 6.07) is 12.4. The van der Waals surface area contributed by atoms with Gasteiger partial charge in [-0.2, -0.15) is 0 Å². The molecule has 2 aromatic carbocycles. The first kappa shape index (κ1) is 21.6. The molecule has 0 aliphatic carbocycles. The number of nitrogens with zero attached hydrogens (tertiary/aromatic N) is 2. The fourth-order valence-corrected chi connectivity index (χ4v) is 4.24. The molecule has 0 radical (unpaired) electrons. The van der Waals surface area contributed by atoms with Gasteiger partial charge in [-0.15, -0.1) is 0 Å². The minimum Gasteiger partial charge on any atom is -0.463 e. The predicted octanol–water partition coefficient (Wildman–Crippen LogP) is 4.18. The molecule has 0 bridgehead atoms. The number of benzene rings is 2. The zero-order valence-electron chi connectivity index (χ0n) is 18.0. The summed E-state index contributed by atoms with van der Waals surface area (Å²) < 4.78 is 30.7. The van der Waals surface area contributed by atoms with E-state index in [0.717, 1.165) is 11.3 Å². The molecule has 0 aliphatic heterocycles. The zero-order valence-corrected chi connectivity index (χ0v) is 18.8. The summed E-state index contributed by atoms with van der Waals surface area (Å²) in [4.78, 5) is 17.2. The van der Waals surface area contributed by atoms with Crippen LogP contribution >= 0.6 is 0 Å². The fraction of sp³-hybridized carbons (Fsp3) is 0.200. The lowest BCUT2D eigenvalue weighted by molar-refractivity contribution is 0.594. The Hall–Kier alpha value is -3.63. The quantitative estimate of drug-likeness (QED) is 0.439. The van der Waals surface area contributed by atoms with Gasteiger partial charge in [0.05, 0.1) is 29.2 Å². The van der Waals surface area contributed by atoms with Crippen LogP contribution in [0.15, 0.2) is 70.5 Å². The Bertz CT molecular complexity index is 1520. The maximum Gasteiger partial charge on any atom is 0.200 e. The summed E-state index contributed by atoms with van der Waals surface area (Å²) in [6.45, 7) is 4.13. The summed E-state index contributed by atoms with van der Waals surface area (Å²) in [5.41, 5.74) is 3.61. The highest BCUT2D eigenvalue weighted by molar-refractivity contribution is 7.89. The van der Waals surface area contributed by atoms with E-state index in [4.69, 9.17) is 4.42 Å². The Morgan fingerprint density at radius 3 is 2.53 bits per heavy atom. The lowest BCUT2D eigenvalue weighted by Crippen LogP contribution is -2.05. The second-order valence-electron chi connectivity index (χ2n) is 7.99. The van der Waals surface area contributed by atoms with E-state index in [2.05, 4.69) is 30.7 Å². The van der Waals surface area contributed by atoms with Gasteiger partial charge in [-0.05, 0) is 49.1 Å². The third-order valence-electron chi connectivity index (χ3n) is 5.03. The molecule has 0 amide bonds. The number of aromatic nitrogens is 2. The molecule has 4 aromatic rings. The van der Waals surface area contributed by atoms with Crippen LogP contribution in [0, 0.1) is 11.8 Å². The second kappa shape index (κ2) is 8.48. The van der Waals surface area contributed by atoms with E-state index in [1.165, 1.54) is 12.5 Å². The van der Waals surface area contributed by atoms with E-state index in [-0.39, 0.29) is 17.2 Å². The van der Waals surface area contributed by atoms with Crippen LogP contribution in [0.4, 0.5) is 0 Å². The van der Waals surface area contributed by atoms with Crippen molar-refractivity contribution in [1.82, 2.24) is 9.55 Å². The van der Waals surface area contributed by atoms with Crippen LogP contribution in [0.3, 0.4) is 0 Å². The summed E-state index contributed by atoms with van der Waals surface area (Å²) in [7, 11) is -3.12. The summed E-state index contributed by atoms with van der Waals surface area (Å²) in [6.07, 6.45) is 6.10. The van der Waals surface area contributed by atoms with Crippen molar-refractivity contribution in [2.75, 3.05) is 6.26 Å². The number of rotatable bonds is 4. The van der Waals surface area contributed by atoms with Gasteiger partial charge in [0.15, 0.2) is 15.3 Å². The first-order valence-electron chi connectivity index (χ1n) is 10.1. The van der Waals surface area contributed by atoms with Crippen molar-refractivity contribution in [2.24, 2.45) is 0 Å². The van der Waals surface area contributed by atoms with E-state index in [9.17, 15) is 13.2 Å². The van der Waals surface area contributed by atoms with Crippen LogP contribution in [-0.2, 0) is 15.6 Å². The van der Waals surface area contributed by atoms with Gasteiger partial charge < -0.3 is 8.98 Å². The molecule has 0 atom stereocenters. The molecule has 2 heterocycles. The molecule has 0 fully saturated rings. The van der Waals surface area contributed by atoms with E-state index >= 15 is 0 Å². The zero-order chi connectivity index (χ0) is 22.9. The molecule has 0 N–H and O–H groups in total. The number of imidazole rings is 1. The van der Waals surface area contributed by atoms with Crippen LogP contribution in [0.1, 0.15) is 36.7 Å². The molecule has 7 heteroatoms. The van der Waals surface area contributed by atoms with Gasteiger partial charge in [0.1, 0.15) is 17.5 Å². The highest BCUT2D eigenvalue weighted by atomic mass is 32.2. The molecule has 0 unspecified atom stereocenters. The molecule has 0 saturated carbocycles. The monoisotopic (exact) mass is 446 g/mol. The van der Waals surface area contributed by atoms with Crippen molar-refractivity contribution < 1.29 is 12.8 Å². The largest absolute Gasteiger partial charge is 0.463 e. The van der Waals surface area contributed by atoms with Crippen LogP contribution < -0.4 is 5.43 Å². The highest BCUT2D eigenvalue weighted by Crippen LogP contribution is 2.21. The molecule has 0 saturated heterocycles. The van der Waals surface area contributed by atoms with E-state index in [1.54, 1.807) is 55.0 Å². The predicted molar refractivity (Wildman–Crippen MR) is 125 cm³/mol. The molecule has 6 nitrogen and oxygen atoms in total. The van der Waals surface area contributed by atoms with Gasteiger partial charge >= 0.3 is 0 Å². The molecular weight excluding hydrogens is 424 g/mol. The smallest absolute Gasteiger partial charge is 0.200 e. The average Bonchev–Trinajstić information content (AvgIpc) is 3.21. The van der Waals surface area contributed by atoms with Crippen molar-refractivity contribution >= 4 is 20.8 Å². The van der Waals surface area contributed by atoms with Crippen LogP contribution in [0.25, 0.3) is 22.1 Å². The molecule has 0 spiro atoms. The molecule has 2 aromatic heterocycles. The molecule has 32 heavy (non-hydrogen) atoms. The van der Waals surface area contributed by atoms with Crippen molar-refractivity contribution in [2.45, 2.75) is 25.6 Å². The lowest BCUT2D eigenvalue weighted by Gasteiger charge is -2.07. The number of sulfone groups is 1. The summed E-state index contributed by atoms with van der Waals surface area (Å²) >= 11 is 0. The van der Waals surface area contributed by atoms with Crippen LogP contribution in [0.2, 0.25) is 0 Å². The lowest BCUT2D eigenvalue weighted by atomic mass is 10.0. The molecule has 162 valence electrons. The van der Waals surface area contributed by atoms with Gasteiger partial charge in [0.2, 0.25) is 0 Å². The Balaban J connectivity index is 1.65. The van der Waals surface area contributed by atoms with Gasteiger partial charge in [0, 0.05) is 17.9 Å². The Labute approximate surface area is 186 Å². The first-order chi connectivity index (χ1) is 15.2. The third kappa shape index (κ3) is 4.66. The Morgan fingerprint density at radius 1 is 1.09 bits per heavy atom. The van der Waals surface area contributed by atoms with Crippen molar-refractivity contribution in [3.8, 4) is 23.0 Å². The van der Waals surface area contributed by atoms with Crippen molar-refractivity contribution in [3.63, 3.8) is 0 Å². The van der Waals surface area contributed by atoms with E-state index < -0.39 is 9.84 Å². The van der Waals surface area contributed by atoms with Gasteiger partial charge in [-0.3, -0.25) is 4.79 Å². The highest BCUT2D eigenvalue weighted by Gasteiger charge is 2.11. The van der Waals surface area contributed by atoms with Gasteiger partial charge in [0.25, 0.3) is 0 Å². The summed E-state index contributed by atoms with van der Waals surface area (Å²) in [5, 5.41) is 0.459. The number of fused-ring (bicyclic) bond motifs is 1. The Kier molecular flexibility index (Phi) is 5.72. The SMILES string of the molecule is CC(C)n1cncc1C#Cc1ccc2c(=O)c(-c3ccc(CS(C)(=O)=O)cc3)coc2c1. The fourth-order valence-electron chi connectivity index (χ4n) is 3.44. The van der Waals surface area contributed by atoms with Gasteiger partial charge in [-0.25, -0.2) is 13.4 Å². The normalized spacial score (nSPS) is 11.5. The average molecular weight is 447 g/mol. The van der Waals surface area contributed by atoms with E-state index in [0.29, 0.717) is 27.7 Å². The third-order valence-corrected chi connectivity index (χ3v) is 5.88. The van der Waals surface area contributed by atoms with Crippen molar-refractivity contribution in [1.29, 1.82) is 0 Å². The van der Waals surface area contributed by atoms with Crippen LogP contribution in [-0.4, -0.2) is 24.2 Å². The maximum atomic E-state index is 13.0.